The van der Waals surface area contributed by atoms with Crippen molar-refractivity contribution in [2.24, 2.45) is 0 Å². The molecule has 1 aliphatic heterocycles. The molecule has 2 atom stereocenters. The van der Waals surface area contributed by atoms with Gasteiger partial charge in [0.05, 0.1) is 12.2 Å². The summed E-state index contributed by atoms with van der Waals surface area (Å²) in [7, 11) is 0. The first-order valence-electron chi connectivity index (χ1n) is 6.77. The Morgan fingerprint density at radius 2 is 1.15 bits per heavy atom. The largest absolute Gasteiger partial charge is 0.365 e. The highest BCUT2D eigenvalue weighted by molar-refractivity contribution is 6.48. The standard InChI is InChI=1S/C17H16Cl2O/c18-17(19)11-15(13-7-3-1-4-8-13)20-16(12-17)14-9-5-2-6-10-14/h1-10,15-16H,11-12H2/t15-,16+. The van der Waals surface area contributed by atoms with Crippen LogP contribution < -0.4 is 0 Å². The molecule has 0 N–H and O–H groups in total. The van der Waals surface area contributed by atoms with E-state index in [1.165, 1.54) is 0 Å². The molecule has 2 aromatic carbocycles. The van der Waals surface area contributed by atoms with Crippen LogP contribution in [0.1, 0.15) is 36.2 Å². The van der Waals surface area contributed by atoms with Crippen LogP contribution in [0.25, 0.3) is 0 Å². The highest BCUT2D eigenvalue weighted by atomic mass is 35.5. The molecule has 20 heavy (non-hydrogen) atoms. The second-order valence-electron chi connectivity index (χ2n) is 5.20. The van der Waals surface area contributed by atoms with Gasteiger partial charge in [0.15, 0.2) is 0 Å². The second-order valence-corrected chi connectivity index (χ2v) is 6.84. The number of hydrogen-bond acceptors (Lipinski definition) is 1. The van der Waals surface area contributed by atoms with Crippen LogP contribution in [0.2, 0.25) is 0 Å². The van der Waals surface area contributed by atoms with Gasteiger partial charge in [-0.1, -0.05) is 60.7 Å². The molecule has 3 heteroatoms. The summed E-state index contributed by atoms with van der Waals surface area (Å²) in [5.74, 6) is 0. The molecular weight excluding hydrogens is 291 g/mol. The molecule has 2 aromatic rings. The van der Waals surface area contributed by atoms with Crippen LogP contribution >= 0.6 is 23.2 Å². The maximum atomic E-state index is 6.45. The van der Waals surface area contributed by atoms with E-state index in [9.17, 15) is 0 Å². The Bertz CT molecular complexity index is 504. The normalized spacial score (nSPS) is 25.3. The van der Waals surface area contributed by atoms with Crippen LogP contribution in [-0.4, -0.2) is 4.33 Å². The topological polar surface area (TPSA) is 9.23 Å². The minimum atomic E-state index is -0.751. The van der Waals surface area contributed by atoms with E-state index in [0.717, 1.165) is 11.1 Å². The number of rotatable bonds is 2. The Hall–Kier alpha value is -1.02. The Morgan fingerprint density at radius 1 is 0.750 bits per heavy atom. The predicted octanol–water partition coefficient (Wildman–Crippen LogP) is 5.45. The molecule has 0 saturated carbocycles. The van der Waals surface area contributed by atoms with Crippen molar-refractivity contribution in [3.63, 3.8) is 0 Å². The van der Waals surface area contributed by atoms with Crippen LogP contribution in [0.15, 0.2) is 60.7 Å². The van der Waals surface area contributed by atoms with Crippen molar-refractivity contribution >= 4 is 23.2 Å². The van der Waals surface area contributed by atoms with Crippen molar-refractivity contribution in [1.29, 1.82) is 0 Å². The lowest BCUT2D eigenvalue weighted by Gasteiger charge is -2.37. The molecule has 0 aromatic heterocycles. The first kappa shape index (κ1) is 13.9. The van der Waals surface area contributed by atoms with Gasteiger partial charge in [-0.05, 0) is 11.1 Å². The molecule has 0 bridgehead atoms. The molecule has 1 aliphatic rings. The Kier molecular flexibility index (Phi) is 4.02. The number of ether oxygens (including phenoxy) is 1. The molecule has 0 unspecified atom stereocenters. The lowest BCUT2D eigenvalue weighted by Crippen LogP contribution is -2.30. The molecule has 104 valence electrons. The first-order valence-corrected chi connectivity index (χ1v) is 7.53. The first-order chi connectivity index (χ1) is 9.64. The van der Waals surface area contributed by atoms with Gasteiger partial charge in [-0.15, -0.1) is 23.2 Å². The van der Waals surface area contributed by atoms with Crippen molar-refractivity contribution < 1.29 is 4.74 Å². The highest BCUT2D eigenvalue weighted by Gasteiger charge is 2.39. The van der Waals surface area contributed by atoms with E-state index in [1.54, 1.807) is 0 Å². The molecule has 1 nitrogen and oxygen atoms in total. The molecule has 1 saturated heterocycles. The van der Waals surface area contributed by atoms with Crippen LogP contribution in [0, 0.1) is 0 Å². The van der Waals surface area contributed by atoms with Gasteiger partial charge in [0.2, 0.25) is 0 Å². The third-order valence-electron chi connectivity index (χ3n) is 3.64. The summed E-state index contributed by atoms with van der Waals surface area (Å²) in [6.45, 7) is 0. The van der Waals surface area contributed by atoms with E-state index in [4.69, 9.17) is 27.9 Å². The minimum Gasteiger partial charge on any atom is -0.365 e. The van der Waals surface area contributed by atoms with Crippen molar-refractivity contribution in [3.8, 4) is 0 Å². The van der Waals surface area contributed by atoms with E-state index in [0.29, 0.717) is 12.8 Å². The summed E-state index contributed by atoms with van der Waals surface area (Å²) >= 11 is 12.9. The van der Waals surface area contributed by atoms with E-state index >= 15 is 0 Å². The van der Waals surface area contributed by atoms with Gasteiger partial charge in [0, 0.05) is 12.8 Å². The fourth-order valence-electron chi connectivity index (χ4n) is 2.65. The second kappa shape index (κ2) is 5.77. The van der Waals surface area contributed by atoms with E-state index in [2.05, 4.69) is 24.3 Å². The monoisotopic (exact) mass is 306 g/mol. The van der Waals surface area contributed by atoms with Crippen molar-refractivity contribution in [2.45, 2.75) is 29.4 Å². The maximum Gasteiger partial charge on any atom is 0.123 e. The third-order valence-corrected chi connectivity index (χ3v) is 4.26. The number of alkyl halides is 2. The molecule has 0 amide bonds. The van der Waals surface area contributed by atoms with Crippen molar-refractivity contribution in [3.05, 3.63) is 71.8 Å². The lowest BCUT2D eigenvalue weighted by atomic mass is 9.94. The van der Waals surface area contributed by atoms with Crippen LogP contribution in [0.5, 0.6) is 0 Å². The summed E-state index contributed by atoms with van der Waals surface area (Å²) in [5, 5.41) is 0. The summed E-state index contributed by atoms with van der Waals surface area (Å²) in [4.78, 5) is 0. The quantitative estimate of drug-likeness (QED) is 0.670. The Labute approximate surface area is 129 Å². The zero-order chi connectivity index (χ0) is 14.0. The number of halogens is 2. The third kappa shape index (κ3) is 3.17. The lowest BCUT2D eigenvalue weighted by molar-refractivity contribution is -0.0571. The van der Waals surface area contributed by atoms with E-state index in [1.807, 2.05) is 36.4 Å². The van der Waals surface area contributed by atoms with Gasteiger partial charge in [0.25, 0.3) is 0 Å². The van der Waals surface area contributed by atoms with Gasteiger partial charge in [0.1, 0.15) is 4.33 Å². The zero-order valence-electron chi connectivity index (χ0n) is 11.0. The Morgan fingerprint density at radius 3 is 1.55 bits per heavy atom. The van der Waals surface area contributed by atoms with Crippen molar-refractivity contribution in [2.75, 3.05) is 0 Å². The highest BCUT2D eigenvalue weighted by Crippen LogP contribution is 2.48. The Balaban J connectivity index is 1.87. The van der Waals surface area contributed by atoms with Crippen LogP contribution in [-0.2, 0) is 4.74 Å². The average Bonchev–Trinajstić information content (AvgIpc) is 2.47. The van der Waals surface area contributed by atoms with Gasteiger partial charge in [-0.25, -0.2) is 0 Å². The van der Waals surface area contributed by atoms with Gasteiger partial charge < -0.3 is 4.74 Å². The summed E-state index contributed by atoms with van der Waals surface area (Å²) in [6, 6.07) is 20.3. The smallest absolute Gasteiger partial charge is 0.123 e. The van der Waals surface area contributed by atoms with E-state index in [-0.39, 0.29) is 12.2 Å². The maximum absolute atomic E-state index is 6.45. The molecule has 0 aliphatic carbocycles. The SMILES string of the molecule is ClC1(Cl)C[C@@H](c2ccccc2)O[C@@H](c2ccccc2)C1. The molecule has 0 spiro atoms. The number of hydrogen-bond donors (Lipinski definition) is 0. The predicted molar refractivity (Wildman–Crippen MR) is 83.1 cm³/mol. The summed E-state index contributed by atoms with van der Waals surface area (Å²) in [5.41, 5.74) is 2.25. The van der Waals surface area contributed by atoms with Crippen molar-refractivity contribution in [1.82, 2.24) is 0 Å². The summed E-state index contributed by atoms with van der Waals surface area (Å²) in [6.07, 6.45) is 1.10. The summed E-state index contributed by atoms with van der Waals surface area (Å²) < 4.78 is 5.47. The average molecular weight is 307 g/mol. The van der Waals surface area contributed by atoms with Crippen LogP contribution in [0.3, 0.4) is 0 Å². The fourth-order valence-corrected chi connectivity index (χ4v) is 3.21. The van der Waals surface area contributed by atoms with Gasteiger partial charge in [-0.2, -0.15) is 0 Å². The molecule has 1 heterocycles. The molecule has 0 radical (unpaired) electrons. The molecule has 1 fully saturated rings. The molecule has 3 rings (SSSR count). The molecular formula is C17H16Cl2O. The number of benzene rings is 2. The minimum absolute atomic E-state index is 0.0647. The van der Waals surface area contributed by atoms with Gasteiger partial charge >= 0.3 is 0 Å². The van der Waals surface area contributed by atoms with E-state index < -0.39 is 4.33 Å². The van der Waals surface area contributed by atoms with Crippen LogP contribution in [0.4, 0.5) is 0 Å². The fraction of sp³-hybridized carbons (Fsp3) is 0.294. The zero-order valence-corrected chi connectivity index (χ0v) is 12.5. The van der Waals surface area contributed by atoms with Gasteiger partial charge in [-0.3, -0.25) is 0 Å².